The minimum atomic E-state index is -4.94. The molecule has 0 aliphatic heterocycles. The van der Waals surface area contributed by atoms with Crippen LogP contribution < -0.4 is 77.1 Å². The van der Waals surface area contributed by atoms with Gasteiger partial charge in [0.1, 0.15) is 0 Å². The molecule has 0 aromatic heterocycles. The van der Waals surface area contributed by atoms with Gasteiger partial charge in [0.05, 0.1) is 0 Å². The van der Waals surface area contributed by atoms with Crippen LogP contribution in [-0.2, 0) is 19.5 Å². The Kier molecular flexibility index (Phi) is 27.7. The Balaban J connectivity index is 0.000000916. The first-order valence-electron chi connectivity index (χ1n) is 15.3. The summed E-state index contributed by atoms with van der Waals surface area (Å²) in [5, 5.41) is 5.94. The van der Waals surface area contributed by atoms with E-state index in [1.165, 1.54) is 65.6 Å². The maximum absolute atomic E-state index is 8.49. The van der Waals surface area contributed by atoms with Crippen LogP contribution in [0, 0.1) is 30.7 Å². The quantitative estimate of drug-likeness (QED) is 0.0908. The van der Waals surface area contributed by atoms with Gasteiger partial charge in [-0.25, -0.2) is 55.9 Å². The van der Waals surface area contributed by atoms with Gasteiger partial charge in [-0.2, -0.15) is 0 Å². The van der Waals surface area contributed by atoms with Crippen LogP contribution in [0.4, 0.5) is 0 Å². The predicted molar refractivity (Wildman–Crippen MR) is 169 cm³/mol. The fourth-order valence-corrected chi connectivity index (χ4v) is 9.44. The van der Waals surface area contributed by atoms with Gasteiger partial charge in [0, 0.05) is 0 Å². The summed E-state index contributed by atoms with van der Waals surface area (Å²) in [6.07, 6.45) is 17.7. The Hall–Kier alpha value is -1.77. The minimum Gasteiger partial charge on any atom is -0.222 e. The summed E-state index contributed by atoms with van der Waals surface area (Å²) in [4.78, 5) is 0. The Morgan fingerprint density at radius 3 is 0.679 bits per heavy atom. The summed E-state index contributed by atoms with van der Waals surface area (Å²) < 4.78 is 102. The number of benzene rings is 4. The predicted octanol–water partition coefficient (Wildman–Crippen LogP) is -5.96. The van der Waals surface area contributed by atoms with E-state index in [4.69, 9.17) is 55.9 Å². The number of halogens is 3. The maximum atomic E-state index is 8.49. The fourth-order valence-electron chi connectivity index (χ4n) is 4.49. The Morgan fingerprint density at radius 1 is 0.340 bits per heavy atom. The largest absolute Gasteiger partial charge is 3.00 e. The molecule has 53 heavy (non-hydrogen) atoms. The summed E-state index contributed by atoms with van der Waals surface area (Å²) in [6, 6.07) is 44.3. The van der Waals surface area contributed by atoms with Crippen LogP contribution in [0.25, 0.3) is 0 Å². The van der Waals surface area contributed by atoms with Crippen molar-refractivity contribution in [2.45, 2.75) is 32.1 Å². The van der Waals surface area contributed by atoms with E-state index in [-0.39, 0.29) is 35.3 Å². The molecule has 0 atom stereocenters. The Bertz CT molecular complexity index is 1280. The molecule has 0 amide bonds. The van der Waals surface area contributed by atoms with Crippen LogP contribution in [-0.4, -0.2) is 12.3 Å². The van der Waals surface area contributed by atoms with Crippen LogP contribution in [0.15, 0.2) is 146 Å². The average molecular weight is 922 g/mol. The number of hydrogen-bond donors (Lipinski definition) is 0. The smallest absolute Gasteiger partial charge is 0.222 e. The molecule has 0 heterocycles. The van der Waals surface area contributed by atoms with E-state index in [9.17, 15) is 0 Å². The summed E-state index contributed by atoms with van der Waals surface area (Å²) in [5.41, 5.74) is 0. The Morgan fingerprint density at radius 2 is 0.509 bits per heavy atom. The maximum Gasteiger partial charge on any atom is 3.00 e. The molecule has 0 radical (unpaired) electrons. The van der Waals surface area contributed by atoms with Crippen molar-refractivity contribution in [3.05, 3.63) is 146 Å². The van der Waals surface area contributed by atoms with Crippen molar-refractivity contribution in [2.75, 3.05) is 12.3 Å². The molecule has 4 aromatic rings. The van der Waals surface area contributed by atoms with E-state index in [0.717, 1.165) is 0 Å². The third-order valence-corrected chi connectivity index (χ3v) is 11.6. The molecule has 5 rings (SSSR count). The summed E-state index contributed by atoms with van der Waals surface area (Å²) >= 11 is 0. The average Bonchev–Trinajstić information content (AvgIpc) is 3.04. The second-order valence-corrected chi connectivity index (χ2v) is 17.2. The molecule has 18 heteroatoms. The minimum absolute atomic E-state index is 0. The number of rotatable bonds is 8. The zero-order valence-electron chi connectivity index (χ0n) is 28.1. The molecule has 12 nitrogen and oxygen atoms in total. The second kappa shape index (κ2) is 28.6. The van der Waals surface area contributed by atoms with Crippen molar-refractivity contribution in [1.82, 2.24) is 0 Å². The molecule has 0 bridgehead atoms. The molecule has 0 saturated carbocycles. The topological polar surface area (TPSA) is 277 Å². The van der Waals surface area contributed by atoms with Crippen molar-refractivity contribution >= 4 is 37.1 Å². The van der Waals surface area contributed by atoms with Gasteiger partial charge in [-0.15, -0.1) is 30.7 Å². The molecule has 0 saturated heterocycles. The van der Waals surface area contributed by atoms with E-state index in [1.54, 1.807) is 0 Å². The molecule has 0 N–H and O–H groups in total. The SMILES string of the molecule is C1=CCC/C=C\CC1.[O-][Cl+3]([O-])([O-])[O-].[O-][Cl+3]([O-])([O-])[O-].[O-][Cl+3]([O-])([O-])[O-].[Rh+3].c1ccc(P(CCCP(c2ccccc2)c2ccccc2)c2ccccc2)cc1. The van der Waals surface area contributed by atoms with Crippen molar-refractivity contribution in [3.8, 4) is 0 Å². The van der Waals surface area contributed by atoms with Crippen LogP contribution in [0.2, 0.25) is 0 Å². The van der Waals surface area contributed by atoms with E-state index in [0.29, 0.717) is 0 Å². The van der Waals surface area contributed by atoms with Crippen molar-refractivity contribution in [2.24, 2.45) is 0 Å². The van der Waals surface area contributed by atoms with Gasteiger partial charge in [0.2, 0.25) is 0 Å². The molecule has 0 fully saturated rings. The first kappa shape index (κ1) is 51.2. The zero-order chi connectivity index (χ0) is 38.9. The molecular weight excluding hydrogens is 884 g/mol. The molecule has 290 valence electrons. The molecule has 1 aliphatic carbocycles. The molecule has 0 spiro atoms. The van der Waals surface area contributed by atoms with E-state index >= 15 is 0 Å². The van der Waals surface area contributed by atoms with Gasteiger partial charge in [-0.3, -0.25) is 0 Å². The van der Waals surface area contributed by atoms with Gasteiger partial charge in [-0.1, -0.05) is 146 Å². The molecule has 1 aliphatic rings. The molecule has 4 aromatic carbocycles. The van der Waals surface area contributed by atoms with Crippen LogP contribution >= 0.6 is 15.8 Å². The first-order valence-corrected chi connectivity index (χ1v) is 22.1. The van der Waals surface area contributed by atoms with Gasteiger partial charge in [0.15, 0.2) is 0 Å². The van der Waals surface area contributed by atoms with E-state index in [1.807, 2.05) is 0 Å². The fraction of sp³-hybridized carbons (Fsp3) is 0.200. The summed E-state index contributed by atoms with van der Waals surface area (Å²) in [5.74, 6) is 0. The Labute approximate surface area is 331 Å². The molecule has 0 unspecified atom stereocenters. The van der Waals surface area contributed by atoms with Crippen LogP contribution in [0.3, 0.4) is 0 Å². The van der Waals surface area contributed by atoms with E-state index < -0.39 is 30.7 Å². The van der Waals surface area contributed by atoms with Crippen LogP contribution in [0.1, 0.15) is 32.1 Å². The van der Waals surface area contributed by atoms with E-state index in [2.05, 4.69) is 146 Å². The van der Waals surface area contributed by atoms with Gasteiger partial charge in [-0.05, 0) is 81.5 Å². The van der Waals surface area contributed by atoms with Crippen molar-refractivity contribution < 1.29 is 106 Å². The van der Waals surface area contributed by atoms with Gasteiger partial charge < -0.3 is 0 Å². The monoisotopic (exact) mass is 920 g/mol. The third kappa shape index (κ3) is 32.2. The normalized spacial score (nSPS) is 13.1. The van der Waals surface area contributed by atoms with Crippen molar-refractivity contribution in [3.63, 3.8) is 0 Å². The summed E-state index contributed by atoms with van der Waals surface area (Å²) in [6.45, 7) is 0. The molecular formula is C35H38Cl3O12P2Rh. The van der Waals surface area contributed by atoms with Crippen LogP contribution in [0.5, 0.6) is 0 Å². The third-order valence-electron chi connectivity index (χ3n) is 6.37. The number of hydrogen-bond acceptors (Lipinski definition) is 12. The first-order chi connectivity index (χ1) is 24.4. The standard InChI is InChI=1S/C27H26P2.C8H12.3ClHO4.Rh/c1-5-14-24(15-6-1)28(25-16-7-2-8-17-25)22-13-23-29(26-18-9-3-10-19-26)27-20-11-4-12-21-27;1-2-4-6-8-7-5-3-1;3*2-1(3,4)5;/h1-12,14-21H,13,22-23H2;1-2,7-8H,3-6H2;3*(H,2,3,4,5);/q;;;;;+3/p-3/b;2-1-,8-7?;;;;. The zero-order valence-corrected chi connectivity index (χ0v) is 33.8. The second-order valence-electron chi connectivity index (χ2n) is 10.2. The summed E-state index contributed by atoms with van der Waals surface area (Å²) in [7, 11) is -15.5. The van der Waals surface area contributed by atoms with Crippen molar-refractivity contribution in [1.29, 1.82) is 0 Å². The van der Waals surface area contributed by atoms with Gasteiger partial charge >= 0.3 is 19.5 Å². The number of allylic oxidation sites excluding steroid dienone is 4. The van der Waals surface area contributed by atoms with Gasteiger partial charge in [0.25, 0.3) is 0 Å².